The summed E-state index contributed by atoms with van der Waals surface area (Å²) in [6, 6.07) is 14.3. The number of rotatable bonds is 5. The first-order chi connectivity index (χ1) is 9.74. The second-order valence-corrected chi connectivity index (χ2v) is 4.10. The minimum Gasteiger partial charge on any atom is -0.494 e. The predicted molar refractivity (Wildman–Crippen MR) is 79.8 cm³/mol. The Kier molecular flexibility index (Phi) is 4.57. The van der Waals surface area contributed by atoms with Crippen LogP contribution >= 0.6 is 0 Å². The van der Waals surface area contributed by atoms with E-state index in [1.165, 1.54) is 0 Å². The third-order valence-corrected chi connectivity index (χ3v) is 2.73. The van der Waals surface area contributed by atoms with Gasteiger partial charge in [0.05, 0.1) is 17.9 Å². The number of para-hydroxylation sites is 1. The first-order valence-corrected chi connectivity index (χ1v) is 6.34. The van der Waals surface area contributed by atoms with Gasteiger partial charge in [-0.3, -0.25) is 10.6 Å². The van der Waals surface area contributed by atoms with Crippen LogP contribution in [0.3, 0.4) is 0 Å². The number of nitrogens with two attached hydrogens (primary N) is 1. The van der Waals surface area contributed by atoms with Gasteiger partial charge in [0.2, 0.25) is 0 Å². The lowest BCUT2D eigenvalue weighted by Crippen LogP contribution is -2.17. The van der Waals surface area contributed by atoms with Gasteiger partial charge in [0, 0.05) is 11.8 Å². The van der Waals surface area contributed by atoms with Crippen LogP contribution in [-0.4, -0.2) is 12.5 Å². The van der Waals surface area contributed by atoms with E-state index in [1.54, 1.807) is 30.3 Å². The average Bonchev–Trinajstić information content (AvgIpc) is 2.48. The number of anilines is 2. The van der Waals surface area contributed by atoms with Crippen molar-refractivity contribution >= 4 is 17.3 Å². The van der Waals surface area contributed by atoms with Gasteiger partial charge < -0.3 is 15.5 Å². The zero-order chi connectivity index (χ0) is 14.4. The maximum atomic E-state index is 12.2. The molecule has 5 heteroatoms. The van der Waals surface area contributed by atoms with E-state index in [-0.39, 0.29) is 5.91 Å². The molecule has 0 aliphatic rings. The van der Waals surface area contributed by atoms with Crippen LogP contribution in [0.25, 0.3) is 0 Å². The number of carbonyl (C=O) groups excluding carboxylic acids is 1. The van der Waals surface area contributed by atoms with Gasteiger partial charge in [-0.05, 0) is 31.2 Å². The number of nitrogen functional groups attached to an aromatic ring is 1. The van der Waals surface area contributed by atoms with Crippen molar-refractivity contribution in [2.75, 3.05) is 17.3 Å². The SMILES string of the molecule is CCOc1cccc(NC(=O)c2ccccc2NN)c1. The molecule has 0 aliphatic carbocycles. The van der Waals surface area contributed by atoms with E-state index in [0.717, 1.165) is 5.75 Å². The molecule has 0 unspecified atom stereocenters. The van der Waals surface area contributed by atoms with Crippen molar-refractivity contribution in [3.05, 3.63) is 54.1 Å². The Labute approximate surface area is 117 Å². The van der Waals surface area contributed by atoms with Crippen LogP contribution in [0.2, 0.25) is 0 Å². The number of amides is 1. The fourth-order valence-corrected chi connectivity index (χ4v) is 1.84. The normalized spacial score (nSPS) is 9.90. The summed E-state index contributed by atoms with van der Waals surface area (Å²) < 4.78 is 5.40. The van der Waals surface area contributed by atoms with Gasteiger partial charge in [0.25, 0.3) is 5.91 Å². The van der Waals surface area contributed by atoms with E-state index in [9.17, 15) is 4.79 Å². The topological polar surface area (TPSA) is 76.4 Å². The zero-order valence-corrected chi connectivity index (χ0v) is 11.2. The molecule has 0 aromatic heterocycles. The summed E-state index contributed by atoms with van der Waals surface area (Å²) >= 11 is 0. The Balaban J connectivity index is 2.17. The van der Waals surface area contributed by atoms with Crippen LogP contribution in [0, 0.1) is 0 Å². The molecule has 0 saturated carbocycles. The minimum atomic E-state index is -0.229. The molecule has 2 aromatic carbocycles. The molecule has 0 saturated heterocycles. The van der Waals surface area contributed by atoms with Gasteiger partial charge in [-0.15, -0.1) is 0 Å². The molecule has 0 fully saturated rings. The molecule has 1 amide bonds. The van der Waals surface area contributed by atoms with Crippen LogP contribution < -0.4 is 21.3 Å². The average molecular weight is 271 g/mol. The molecule has 4 N–H and O–H groups in total. The van der Waals surface area contributed by atoms with Gasteiger partial charge in [-0.2, -0.15) is 0 Å². The van der Waals surface area contributed by atoms with E-state index >= 15 is 0 Å². The molecular formula is C15H17N3O2. The molecule has 0 aliphatic heterocycles. The Hall–Kier alpha value is -2.53. The van der Waals surface area contributed by atoms with Crippen molar-refractivity contribution in [3.63, 3.8) is 0 Å². The van der Waals surface area contributed by atoms with Gasteiger partial charge in [0.15, 0.2) is 0 Å². The van der Waals surface area contributed by atoms with Crippen molar-refractivity contribution in [1.82, 2.24) is 0 Å². The first-order valence-electron chi connectivity index (χ1n) is 6.34. The predicted octanol–water partition coefficient (Wildman–Crippen LogP) is 2.62. The number of hydrogen-bond donors (Lipinski definition) is 3. The second-order valence-electron chi connectivity index (χ2n) is 4.10. The van der Waals surface area contributed by atoms with Crippen LogP contribution in [0.4, 0.5) is 11.4 Å². The Morgan fingerprint density at radius 1 is 1.20 bits per heavy atom. The highest BCUT2D eigenvalue weighted by Gasteiger charge is 2.10. The van der Waals surface area contributed by atoms with E-state index in [0.29, 0.717) is 23.5 Å². The summed E-state index contributed by atoms with van der Waals surface area (Å²) in [4.78, 5) is 12.2. The molecule has 20 heavy (non-hydrogen) atoms. The molecular weight excluding hydrogens is 254 g/mol. The number of hydrazine groups is 1. The first kappa shape index (κ1) is 13.9. The smallest absolute Gasteiger partial charge is 0.257 e. The molecule has 2 aromatic rings. The minimum absolute atomic E-state index is 0.229. The number of nitrogens with one attached hydrogen (secondary N) is 2. The molecule has 0 radical (unpaired) electrons. The second kappa shape index (κ2) is 6.58. The van der Waals surface area contributed by atoms with Crippen LogP contribution in [-0.2, 0) is 0 Å². The highest BCUT2D eigenvalue weighted by molar-refractivity contribution is 6.08. The lowest BCUT2D eigenvalue weighted by atomic mass is 10.1. The Bertz CT molecular complexity index is 599. The standard InChI is InChI=1S/C15H17N3O2/c1-2-20-12-7-5-6-11(10-12)17-15(19)13-8-3-4-9-14(13)18-16/h3-10,18H,2,16H2,1H3,(H,17,19). The molecule has 5 nitrogen and oxygen atoms in total. The highest BCUT2D eigenvalue weighted by Crippen LogP contribution is 2.20. The fourth-order valence-electron chi connectivity index (χ4n) is 1.84. The third kappa shape index (κ3) is 3.27. The van der Waals surface area contributed by atoms with E-state index in [1.807, 2.05) is 25.1 Å². The highest BCUT2D eigenvalue weighted by atomic mass is 16.5. The molecule has 0 bridgehead atoms. The van der Waals surface area contributed by atoms with E-state index < -0.39 is 0 Å². The third-order valence-electron chi connectivity index (χ3n) is 2.73. The summed E-state index contributed by atoms with van der Waals surface area (Å²) in [7, 11) is 0. The van der Waals surface area contributed by atoms with Crippen molar-refractivity contribution < 1.29 is 9.53 Å². The molecule has 0 spiro atoms. The summed E-state index contributed by atoms with van der Waals surface area (Å²) in [5.41, 5.74) is 4.24. The molecule has 0 atom stereocenters. The molecule has 0 heterocycles. The summed E-state index contributed by atoms with van der Waals surface area (Å²) in [6.45, 7) is 2.49. The molecule has 2 rings (SSSR count). The van der Waals surface area contributed by atoms with Crippen LogP contribution in [0.15, 0.2) is 48.5 Å². The van der Waals surface area contributed by atoms with Crippen molar-refractivity contribution in [2.24, 2.45) is 5.84 Å². The summed E-state index contributed by atoms with van der Waals surface area (Å²) in [6.07, 6.45) is 0. The number of ether oxygens (including phenoxy) is 1. The van der Waals surface area contributed by atoms with Crippen LogP contribution in [0.1, 0.15) is 17.3 Å². The largest absolute Gasteiger partial charge is 0.494 e. The zero-order valence-electron chi connectivity index (χ0n) is 11.2. The van der Waals surface area contributed by atoms with E-state index in [4.69, 9.17) is 10.6 Å². The number of benzene rings is 2. The van der Waals surface area contributed by atoms with Crippen molar-refractivity contribution in [3.8, 4) is 5.75 Å². The fraction of sp³-hybridized carbons (Fsp3) is 0.133. The van der Waals surface area contributed by atoms with Crippen molar-refractivity contribution in [2.45, 2.75) is 6.92 Å². The van der Waals surface area contributed by atoms with Gasteiger partial charge in [-0.25, -0.2) is 0 Å². The quantitative estimate of drug-likeness (QED) is 0.577. The Morgan fingerprint density at radius 2 is 2.00 bits per heavy atom. The van der Waals surface area contributed by atoms with Gasteiger partial charge >= 0.3 is 0 Å². The van der Waals surface area contributed by atoms with Gasteiger partial charge in [0.1, 0.15) is 5.75 Å². The summed E-state index contributed by atoms with van der Waals surface area (Å²) in [5.74, 6) is 5.88. The van der Waals surface area contributed by atoms with Crippen molar-refractivity contribution in [1.29, 1.82) is 0 Å². The van der Waals surface area contributed by atoms with E-state index in [2.05, 4.69) is 10.7 Å². The maximum Gasteiger partial charge on any atom is 0.257 e. The monoisotopic (exact) mass is 271 g/mol. The lowest BCUT2D eigenvalue weighted by molar-refractivity contribution is 0.102. The van der Waals surface area contributed by atoms with Crippen LogP contribution in [0.5, 0.6) is 5.75 Å². The maximum absolute atomic E-state index is 12.2. The summed E-state index contributed by atoms with van der Waals surface area (Å²) in [5, 5.41) is 2.82. The lowest BCUT2D eigenvalue weighted by Gasteiger charge is -2.10. The Morgan fingerprint density at radius 3 is 2.75 bits per heavy atom. The molecule has 104 valence electrons. The number of carbonyl (C=O) groups is 1. The van der Waals surface area contributed by atoms with Gasteiger partial charge in [-0.1, -0.05) is 18.2 Å². The number of hydrogen-bond acceptors (Lipinski definition) is 4.